The molecule has 1 heterocycles. The van der Waals surface area contributed by atoms with Crippen LogP contribution in [0.25, 0.3) is 0 Å². The summed E-state index contributed by atoms with van der Waals surface area (Å²) < 4.78 is 2.18. The maximum Gasteiger partial charge on any atom is 0.0524 e. The largest absolute Gasteiger partial charge is 0.267 e. The van der Waals surface area contributed by atoms with Gasteiger partial charge in [0.25, 0.3) is 0 Å². The number of hydrogen-bond donors (Lipinski definition) is 0. The molecule has 0 aromatic carbocycles. The van der Waals surface area contributed by atoms with E-state index in [0.29, 0.717) is 6.04 Å². The van der Waals surface area contributed by atoms with Crippen molar-refractivity contribution in [2.24, 2.45) is 0 Å². The molecule has 0 bridgehead atoms. The zero-order valence-corrected chi connectivity index (χ0v) is 7.88. The van der Waals surface area contributed by atoms with Gasteiger partial charge >= 0.3 is 0 Å². The van der Waals surface area contributed by atoms with Crippen LogP contribution >= 0.6 is 0 Å². The van der Waals surface area contributed by atoms with Gasteiger partial charge in [0.15, 0.2) is 0 Å². The Labute approximate surface area is 73.6 Å². The van der Waals surface area contributed by atoms with E-state index in [1.54, 1.807) is 0 Å². The molecule has 0 amide bonds. The summed E-state index contributed by atoms with van der Waals surface area (Å²) in [7, 11) is 0. The van der Waals surface area contributed by atoms with Gasteiger partial charge in [0.2, 0.25) is 0 Å². The van der Waals surface area contributed by atoms with Gasteiger partial charge in [0, 0.05) is 11.7 Å². The topological polar surface area (TPSA) is 17.8 Å². The van der Waals surface area contributed by atoms with Gasteiger partial charge in [0.1, 0.15) is 0 Å². The molecule has 0 saturated carbocycles. The van der Waals surface area contributed by atoms with Gasteiger partial charge in [-0.15, -0.1) is 0 Å². The van der Waals surface area contributed by atoms with E-state index in [4.69, 9.17) is 0 Å². The van der Waals surface area contributed by atoms with Crippen molar-refractivity contribution in [1.82, 2.24) is 9.78 Å². The zero-order chi connectivity index (χ0) is 8.55. The molecule has 1 aliphatic rings. The van der Waals surface area contributed by atoms with Crippen molar-refractivity contribution >= 4 is 0 Å². The number of rotatable bonds is 1. The van der Waals surface area contributed by atoms with Crippen LogP contribution in [0.5, 0.6) is 0 Å². The standard InChI is InChI=1S/C10H16N2/c1-8(2)12-10-6-4-3-5-9(10)7-11-12/h7-8H,3-6H2,1-2H3. The fraction of sp³-hybridized carbons (Fsp3) is 0.700. The van der Waals surface area contributed by atoms with E-state index in [1.165, 1.54) is 36.9 Å². The van der Waals surface area contributed by atoms with Crippen molar-refractivity contribution in [3.63, 3.8) is 0 Å². The molecule has 0 saturated heterocycles. The van der Waals surface area contributed by atoms with Crippen LogP contribution in [0.4, 0.5) is 0 Å². The van der Waals surface area contributed by atoms with Crippen molar-refractivity contribution in [2.75, 3.05) is 0 Å². The Morgan fingerprint density at radius 3 is 2.83 bits per heavy atom. The fourth-order valence-corrected chi connectivity index (χ4v) is 1.96. The first-order valence-corrected chi connectivity index (χ1v) is 4.84. The van der Waals surface area contributed by atoms with Crippen molar-refractivity contribution < 1.29 is 0 Å². The summed E-state index contributed by atoms with van der Waals surface area (Å²) in [5.74, 6) is 0. The molecular formula is C10H16N2. The Bertz CT molecular complexity index is 273. The third kappa shape index (κ3) is 1.15. The lowest BCUT2D eigenvalue weighted by molar-refractivity contribution is 0.495. The average Bonchev–Trinajstić information content (AvgIpc) is 2.47. The van der Waals surface area contributed by atoms with Crippen molar-refractivity contribution in [1.29, 1.82) is 0 Å². The first-order valence-electron chi connectivity index (χ1n) is 4.84. The van der Waals surface area contributed by atoms with Gasteiger partial charge in [-0.25, -0.2) is 0 Å². The van der Waals surface area contributed by atoms with E-state index in [1.807, 2.05) is 0 Å². The number of nitrogens with zero attached hydrogens (tertiary/aromatic N) is 2. The molecule has 1 aliphatic carbocycles. The van der Waals surface area contributed by atoms with Crippen LogP contribution in [-0.4, -0.2) is 9.78 Å². The summed E-state index contributed by atoms with van der Waals surface area (Å²) in [6.45, 7) is 4.39. The Hall–Kier alpha value is -0.790. The molecule has 2 nitrogen and oxygen atoms in total. The molecule has 0 fully saturated rings. The first kappa shape index (κ1) is 7.84. The highest BCUT2D eigenvalue weighted by Gasteiger charge is 2.15. The van der Waals surface area contributed by atoms with Crippen molar-refractivity contribution in [2.45, 2.75) is 45.6 Å². The molecular weight excluding hydrogens is 148 g/mol. The maximum absolute atomic E-state index is 4.41. The molecule has 0 unspecified atom stereocenters. The van der Waals surface area contributed by atoms with E-state index in [2.05, 4.69) is 29.8 Å². The lowest BCUT2D eigenvalue weighted by Crippen LogP contribution is -2.11. The molecule has 66 valence electrons. The van der Waals surface area contributed by atoms with Gasteiger partial charge in [-0.3, -0.25) is 4.68 Å². The highest BCUT2D eigenvalue weighted by Crippen LogP contribution is 2.22. The Balaban J connectivity index is 2.38. The lowest BCUT2D eigenvalue weighted by atomic mass is 9.98. The van der Waals surface area contributed by atoms with Gasteiger partial charge in [-0.05, 0) is 45.1 Å². The zero-order valence-electron chi connectivity index (χ0n) is 7.88. The molecule has 0 aliphatic heterocycles. The smallest absolute Gasteiger partial charge is 0.0524 e. The van der Waals surface area contributed by atoms with E-state index in [-0.39, 0.29) is 0 Å². The van der Waals surface area contributed by atoms with Crippen LogP contribution in [-0.2, 0) is 12.8 Å². The van der Waals surface area contributed by atoms with Gasteiger partial charge in [0.05, 0.1) is 6.20 Å². The van der Waals surface area contributed by atoms with E-state index < -0.39 is 0 Å². The predicted molar refractivity (Wildman–Crippen MR) is 49.3 cm³/mol. The van der Waals surface area contributed by atoms with Crippen LogP contribution in [0.3, 0.4) is 0 Å². The van der Waals surface area contributed by atoms with Crippen LogP contribution in [0.1, 0.15) is 44.0 Å². The number of aryl methyl sites for hydroxylation is 1. The average molecular weight is 164 g/mol. The molecule has 0 N–H and O–H groups in total. The van der Waals surface area contributed by atoms with Crippen LogP contribution < -0.4 is 0 Å². The highest BCUT2D eigenvalue weighted by molar-refractivity contribution is 5.20. The molecule has 2 heteroatoms. The normalized spacial score (nSPS) is 16.6. The molecule has 0 atom stereocenters. The summed E-state index contributed by atoms with van der Waals surface area (Å²) in [5, 5.41) is 4.41. The van der Waals surface area contributed by atoms with E-state index in [9.17, 15) is 0 Å². The minimum Gasteiger partial charge on any atom is -0.267 e. The number of aromatic nitrogens is 2. The second kappa shape index (κ2) is 2.92. The van der Waals surface area contributed by atoms with Gasteiger partial charge < -0.3 is 0 Å². The number of hydrogen-bond acceptors (Lipinski definition) is 1. The summed E-state index contributed by atoms with van der Waals surface area (Å²) in [6, 6.07) is 0.520. The lowest BCUT2D eigenvalue weighted by Gasteiger charge is -2.15. The second-order valence-corrected chi connectivity index (χ2v) is 3.86. The van der Waals surface area contributed by atoms with Crippen LogP contribution in [0.15, 0.2) is 6.20 Å². The molecule has 0 spiro atoms. The van der Waals surface area contributed by atoms with E-state index >= 15 is 0 Å². The number of fused-ring (bicyclic) bond motifs is 1. The van der Waals surface area contributed by atoms with Gasteiger partial charge in [-0.2, -0.15) is 5.10 Å². The molecule has 2 rings (SSSR count). The fourth-order valence-electron chi connectivity index (χ4n) is 1.96. The van der Waals surface area contributed by atoms with Crippen molar-refractivity contribution in [3.8, 4) is 0 Å². The van der Waals surface area contributed by atoms with Crippen LogP contribution in [0.2, 0.25) is 0 Å². The highest BCUT2D eigenvalue weighted by atomic mass is 15.3. The predicted octanol–water partition coefficient (Wildman–Crippen LogP) is 2.34. The molecule has 1 aromatic heterocycles. The third-order valence-electron chi connectivity index (χ3n) is 2.58. The van der Waals surface area contributed by atoms with Gasteiger partial charge in [-0.1, -0.05) is 0 Å². The monoisotopic (exact) mass is 164 g/mol. The summed E-state index contributed by atoms with van der Waals surface area (Å²) in [5.41, 5.74) is 2.96. The summed E-state index contributed by atoms with van der Waals surface area (Å²) in [4.78, 5) is 0. The quantitative estimate of drug-likeness (QED) is 0.623. The SMILES string of the molecule is CC(C)n1ncc2c1CCCC2. The first-order chi connectivity index (χ1) is 5.79. The second-order valence-electron chi connectivity index (χ2n) is 3.86. The Kier molecular flexibility index (Phi) is 1.91. The molecule has 12 heavy (non-hydrogen) atoms. The summed E-state index contributed by atoms with van der Waals surface area (Å²) >= 11 is 0. The van der Waals surface area contributed by atoms with Crippen molar-refractivity contribution in [3.05, 3.63) is 17.5 Å². The van der Waals surface area contributed by atoms with Crippen LogP contribution in [0, 0.1) is 0 Å². The Morgan fingerprint density at radius 1 is 1.33 bits per heavy atom. The third-order valence-corrected chi connectivity index (χ3v) is 2.58. The molecule has 1 aromatic rings. The maximum atomic E-state index is 4.41. The minimum absolute atomic E-state index is 0.520. The summed E-state index contributed by atoms with van der Waals surface area (Å²) in [6.07, 6.45) is 7.20. The van der Waals surface area contributed by atoms with E-state index in [0.717, 1.165) is 0 Å². The Morgan fingerprint density at radius 2 is 2.08 bits per heavy atom. The minimum atomic E-state index is 0.520. The molecule has 0 radical (unpaired) electrons.